The van der Waals surface area contributed by atoms with Crippen LogP contribution in [0.1, 0.15) is 35.0 Å². The van der Waals surface area contributed by atoms with Crippen LogP contribution in [0.2, 0.25) is 0 Å². The summed E-state index contributed by atoms with van der Waals surface area (Å²) in [7, 11) is 0. The van der Waals surface area contributed by atoms with Gasteiger partial charge in [0.05, 0.1) is 17.3 Å². The van der Waals surface area contributed by atoms with Crippen LogP contribution in [0.3, 0.4) is 0 Å². The second-order valence-corrected chi connectivity index (χ2v) is 6.19. The fourth-order valence-electron chi connectivity index (χ4n) is 2.16. The summed E-state index contributed by atoms with van der Waals surface area (Å²) >= 11 is 1.81. The van der Waals surface area contributed by atoms with Crippen molar-refractivity contribution in [1.82, 2.24) is 10.3 Å². The molecule has 0 unspecified atom stereocenters. The molecular formula is C17H24N2OS. The topological polar surface area (TPSA) is 34.1 Å². The molecular weight excluding hydrogens is 280 g/mol. The highest BCUT2D eigenvalue weighted by Gasteiger charge is 2.09. The van der Waals surface area contributed by atoms with Crippen molar-refractivity contribution in [3.05, 3.63) is 45.4 Å². The Morgan fingerprint density at radius 2 is 2.14 bits per heavy atom. The minimum atomic E-state index is 0.681. The molecule has 0 amide bonds. The van der Waals surface area contributed by atoms with E-state index in [9.17, 15) is 0 Å². The van der Waals surface area contributed by atoms with Crippen LogP contribution in [0.5, 0.6) is 5.75 Å². The van der Waals surface area contributed by atoms with Gasteiger partial charge in [-0.3, -0.25) is 0 Å². The maximum atomic E-state index is 5.81. The molecule has 0 fully saturated rings. The van der Waals surface area contributed by atoms with Crippen molar-refractivity contribution in [3.63, 3.8) is 0 Å². The summed E-state index contributed by atoms with van der Waals surface area (Å²) in [6.07, 6.45) is 1.87. The third-order valence-corrected chi connectivity index (χ3v) is 4.42. The third kappa shape index (κ3) is 4.83. The molecule has 1 aromatic carbocycles. The number of hydrogen-bond donors (Lipinski definition) is 1. The van der Waals surface area contributed by atoms with Crippen molar-refractivity contribution >= 4 is 11.3 Å². The molecule has 2 aromatic rings. The SMILES string of the molecule is CCNCc1sc(CCOc2cccc(C)c2)nc1CC. The van der Waals surface area contributed by atoms with Gasteiger partial charge in [-0.15, -0.1) is 11.3 Å². The summed E-state index contributed by atoms with van der Waals surface area (Å²) in [6, 6.07) is 8.17. The second kappa shape index (κ2) is 8.15. The molecule has 0 spiro atoms. The highest BCUT2D eigenvalue weighted by atomic mass is 32.1. The van der Waals surface area contributed by atoms with Gasteiger partial charge in [0.15, 0.2) is 0 Å². The lowest BCUT2D eigenvalue weighted by Gasteiger charge is -2.05. The van der Waals surface area contributed by atoms with E-state index in [1.54, 1.807) is 0 Å². The highest BCUT2D eigenvalue weighted by Crippen LogP contribution is 2.20. The number of aromatic nitrogens is 1. The van der Waals surface area contributed by atoms with Gasteiger partial charge < -0.3 is 10.1 Å². The summed E-state index contributed by atoms with van der Waals surface area (Å²) in [5.74, 6) is 0.940. The molecule has 21 heavy (non-hydrogen) atoms. The Hall–Kier alpha value is -1.39. The quantitative estimate of drug-likeness (QED) is 0.806. The lowest BCUT2D eigenvalue weighted by molar-refractivity contribution is 0.321. The van der Waals surface area contributed by atoms with Crippen molar-refractivity contribution in [2.45, 2.75) is 40.2 Å². The number of rotatable bonds is 8. The highest BCUT2D eigenvalue weighted by molar-refractivity contribution is 7.11. The second-order valence-electron chi connectivity index (χ2n) is 5.03. The Morgan fingerprint density at radius 1 is 1.29 bits per heavy atom. The van der Waals surface area contributed by atoms with Gasteiger partial charge in [-0.2, -0.15) is 0 Å². The molecule has 0 radical (unpaired) electrons. The number of thiazole rings is 1. The molecule has 1 aromatic heterocycles. The van der Waals surface area contributed by atoms with Gasteiger partial charge in [0, 0.05) is 17.8 Å². The molecule has 114 valence electrons. The molecule has 0 bridgehead atoms. The lowest BCUT2D eigenvalue weighted by atomic mass is 10.2. The minimum absolute atomic E-state index is 0.681. The normalized spacial score (nSPS) is 10.8. The van der Waals surface area contributed by atoms with Gasteiger partial charge in [-0.1, -0.05) is 26.0 Å². The van der Waals surface area contributed by atoms with Crippen LogP contribution in [0.25, 0.3) is 0 Å². The van der Waals surface area contributed by atoms with E-state index in [0.717, 1.165) is 31.7 Å². The smallest absolute Gasteiger partial charge is 0.119 e. The van der Waals surface area contributed by atoms with E-state index in [1.807, 2.05) is 23.5 Å². The summed E-state index contributed by atoms with van der Waals surface area (Å²) in [4.78, 5) is 6.09. The summed E-state index contributed by atoms with van der Waals surface area (Å²) < 4.78 is 5.81. The van der Waals surface area contributed by atoms with E-state index in [1.165, 1.54) is 21.1 Å². The van der Waals surface area contributed by atoms with Gasteiger partial charge in [0.2, 0.25) is 0 Å². The monoisotopic (exact) mass is 304 g/mol. The molecule has 0 saturated carbocycles. The molecule has 2 rings (SSSR count). The first-order valence-corrected chi connectivity index (χ1v) is 8.42. The predicted molar refractivity (Wildman–Crippen MR) is 89.3 cm³/mol. The third-order valence-electron chi connectivity index (χ3n) is 3.27. The number of nitrogens with one attached hydrogen (secondary N) is 1. The largest absolute Gasteiger partial charge is 0.493 e. The van der Waals surface area contributed by atoms with Crippen molar-refractivity contribution in [1.29, 1.82) is 0 Å². The zero-order valence-electron chi connectivity index (χ0n) is 13.1. The standard InChI is InChI=1S/C17H24N2OS/c1-4-15-16(12-18-5-2)21-17(19-15)9-10-20-14-8-6-7-13(3)11-14/h6-8,11,18H,4-5,9-10,12H2,1-3H3. The molecule has 0 aliphatic heterocycles. The predicted octanol–water partition coefficient (Wildman–Crippen LogP) is 3.74. The maximum Gasteiger partial charge on any atom is 0.119 e. The molecule has 0 aliphatic rings. The van der Waals surface area contributed by atoms with E-state index < -0.39 is 0 Å². The molecule has 4 heteroatoms. The maximum absolute atomic E-state index is 5.81. The molecule has 0 atom stereocenters. The van der Waals surface area contributed by atoms with Gasteiger partial charge >= 0.3 is 0 Å². The van der Waals surface area contributed by atoms with Crippen LogP contribution in [0.4, 0.5) is 0 Å². The average molecular weight is 304 g/mol. The summed E-state index contributed by atoms with van der Waals surface area (Å²) in [5.41, 5.74) is 2.45. The van der Waals surface area contributed by atoms with Crippen LogP contribution in [-0.2, 0) is 19.4 Å². The van der Waals surface area contributed by atoms with Crippen molar-refractivity contribution in [2.24, 2.45) is 0 Å². The van der Waals surface area contributed by atoms with E-state index in [-0.39, 0.29) is 0 Å². The van der Waals surface area contributed by atoms with Gasteiger partial charge in [0.25, 0.3) is 0 Å². The van der Waals surface area contributed by atoms with E-state index >= 15 is 0 Å². The first kappa shape index (κ1) is 16.0. The van der Waals surface area contributed by atoms with Gasteiger partial charge in [-0.05, 0) is 37.6 Å². The fraction of sp³-hybridized carbons (Fsp3) is 0.471. The number of hydrogen-bond acceptors (Lipinski definition) is 4. The molecule has 1 heterocycles. The summed E-state index contributed by atoms with van der Waals surface area (Å²) in [6.45, 7) is 8.97. The van der Waals surface area contributed by atoms with Crippen molar-refractivity contribution in [2.75, 3.05) is 13.2 Å². The van der Waals surface area contributed by atoms with Crippen LogP contribution in [0.15, 0.2) is 24.3 Å². The average Bonchev–Trinajstić information content (AvgIpc) is 2.87. The number of ether oxygens (including phenoxy) is 1. The first-order chi connectivity index (χ1) is 10.2. The first-order valence-electron chi connectivity index (χ1n) is 7.60. The Labute approximate surface area is 131 Å². The molecule has 0 saturated heterocycles. The number of benzene rings is 1. The fourth-order valence-corrected chi connectivity index (χ4v) is 3.27. The Kier molecular flexibility index (Phi) is 6.21. The Bertz CT molecular complexity index is 566. The van der Waals surface area contributed by atoms with Gasteiger partial charge in [-0.25, -0.2) is 4.98 Å². The van der Waals surface area contributed by atoms with Crippen molar-refractivity contribution in [3.8, 4) is 5.75 Å². The Balaban J connectivity index is 1.89. The zero-order valence-corrected chi connectivity index (χ0v) is 13.9. The van der Waals surface area contributed by atoms with E-state index in [4.69, 9.17) is 9.72 Å². The molecule has 1 N–H and O–H groups in total. The van der Waals surface area contributed by atoms with Crippen LogP contribution in [0, 0.1) is 6.92 Å². The van der Waals surface area contributed by atoms with Crippen molar-refractivity contribution < 1.29 is 4.74 Å². The van der Waals surface area contributed by atoms with Crippen LogP contribution < -0.4 is 10.1 Å². The van der Waals surface area contributed by atoms with E-state index in [0.29, 0.717) is 6.61 Å². The van der Waals surface area contributed by atoms with Crippen LogP contribution >= 0.6 is 11.3 Å². The summed E-state index contributed by atoms with van der Waals surface area (Å²) in [5, 5.41) is 4.55. The lowest BCUT2D eigenvalue weighted by Crippen LogP contribution is -2.11. The minimum Gasteiger partial charge on any atom is -0.493 e. The zero-order chi connectivity index (χ0) is 15.1. The molecule has 3 nitrogen and oxygen atoms in total. The van der Waals surface area contributed by atoms with Gasteiger partial charge in [0.1, 0.15) is 5.75 Å². The number of aryl methyl sites for hydroxylation is 2. The Morgan fingerprint density at radius 3 is 2.86 bits per heavy atom. The van der Waals surface area contributed by atoms with E-state index in [2.05, 4.69) is 38.2 Å². The molecule has 0 aliphatic carbocycles. The number of nitrogens with zero attached hydrogens (tertiary/aromatic N) is 1. The van der Waals surface area contributed by atoms with Crippen LogP contribution in [-0.4, -0.2) is 18.1 Å².